The molecule has 1 fully saturated rings. The summed E-state index contributed by atoms with van der Waals surface area (Å²) in [6.07, 6.45) is 5.37. The Morgan fingerprint density at radius 1 is 1.44 bits per heavy atom. The van der Waals surface area contributed by atoms with Crippen LogP contribution in [0.5, 0.6) is 5.75 Å². The first kappa shape index (κ1) is 20.2. The van der Waals surface area contributed by atoms with Crippen LogP contribution in [0, 0.1) is 5.82 Å². The number of amides is 1. The highest BCUT2D eigenvalue weighted by Crippen LogP contribution is 2.26. The summed E-state index contributed by atoms with van der Waals surface area (Å²) in [5, 5.41) is 2.91. The van der Waals surface area contributed by atoms with Crippen LogP contribution in [0.15, 0.2) is 22.7 Å². The van der Waals surface area contributed by atoms with Crippen molar-refractivity contribution in [1.29, 1.82) is 0 Å². The number of piperidine rings is 1. The Hall–Kier alpha value is -1.14. The van der Waals surface area contributed by atoms with Crippen molar-refractivity contribution in [2.24, 2.45) is 0 Å². The van der Waals surface area contributed by atoms with E-state index in [9.17, 15) is 9.18 Å². The molecule has 1 saturated heterocycles. The van der Waals surface area contributed by atoms with E-state index >= 15 is 0 Å². The molecular weight excluding hydrogens is 387 g/mol. The maximum absolute atomic E-state index is 13.1. The lowest BCUT2D eigenvalue weighted by molar-refractivity contribution is -0.127. The van der Waals surface area contributed by atoms with Gasteiger partial charge in [0.15, 0.2) is 6.10 Å². The van der Waals surface area contributed by atoms with Crippen LogP contribution in [0.25, 0.3) is 0 Å². The molecule has 0 unspecified atom stereocenters. The number of carbonyl (C=O) groups is 1. The second kappa shape index (κ2) is 10.1. The van der Waals surface area contributed by atoms with Gasteiger partial charge in [-0.2, -0.15) is 0 Å². The van der Waals surface area contributed by atoms with Crippen LogP contribution in [-0.2, 0) is 4.79 Å². The van der Waals surface area contributed by atoms with Crippen molar-refractivity contribution >= 4 is 21.8 Å². The van der Waals surface area contributed by atoms with E-state index in [0.29, 0.717) is 22.8 Å². The lowest BCUT2D eigenvalue weighted by atomic mass is 10.0. The molecule has 1 aromatic rings. The zero-order chi connectivity index (χ0) is 18.2. The van der Waals surface area contributed by atoms with E-state index in [0.717, 1.165) is 19.4 Å². The molecule has 6 heteroatoms. The molecule has 1 aliphatic heterocycles. The molecule has 2 atom stereocenters. The van der Waals surface area contributed by atoms with E-state index in [1.54, 1.807) is 6.92 Å². The number of benzene rings is 1. The summed E-state index contributed by atoms with van der Waals surface area (Å²) >= 11 is 3.24. The van der Waals surface area contributed by atoms with Crippen molar-refractivity contribution < 1.29 is 13.9 Å². The van der Waals surface area contributed by atoms with Gasteiger partial charge in [0.2, 0.25) is 0 Å². The molecule has 2 rings (SSSR count). The minimum atomic E-state index is -0.621. The molecule has 4 nitrogen and oxygen atoms in total. The average Bonchev–Trinajstić information content (AvgIpc) is 2.58. The van der Waals surface area contributed by atoms with E-state index in [1.807, 2.05) is 0 Å². The summed E-state index contributed by atoms with van der Waals surface area (Å²) in [7, 11) is 0. The summed E-state index contributed by atoms with van der Waals surface area (Å²) in [6.45, 7) is 6.95. The van der Waals surface area contributed by atoms with Gasteiger partial charge in [-0.05, 0) is 86.7 Å². The number of ether oxygens (including phenoxy) is 1. The van der Waals surface area contributed by atoms with Crippen LogP contribution >= 0.6 is 15.9 Å². The number of carbonyl (C=O) groups excluding carboxylic acids is 1. The summed E-state index contributed by atoms with van der Waals surface area (Å²) in [6, 6.07) is 4.84. The number of hydrogen-bond acceptors (Lipinski definition) is 3. The van der Waals surface area contributed by atoms with Crippen molar-refractivity contribution in [2.75, 3.05) is 19.6 Å². The van der Waals surface area contributed by atoms with Crippen molar-refractivity contribution in [3.63, 3.8) is 0 Å². The SMILES string of the molecule is C[C@H](Oc1ccc(F)cc1Br)C(=O)NCCCCN1CCCC[C@@H]1C. The summed E-state index contributed by atoms with van der Waals surface area (Å²) in [5.41, 5.74) is 0. The maximum atomic E-state index is 13.1. The molecule has 1 N–H and O–H groups in total. The van der Waals surface area contributed by atoms with Gasteiger partial charge in [-0.1, -0.05) is 6.42 Å². The van der Waals surface area contributed by atoms with Gasteiger partial charge in [-0.25, -0.2) is 4.39 Å². The van der Waals surface area contributed by atoms with Gasteiger partial charge >= 0.3 is 0 Å². The standard InChI is InChI=1S/C19H28BrFN2O2/c1-14-7-3-5-11-23(14)12-6-4-10-22-19(24)15(2)25-18-9-8-16(21)13-17(18)20/h8-9,13-15H,3-7,10-12H2,1-2H3,(H,22,24)/t14-,15-/m0/s1. The van der Waals surface area contributed by atoms with Gasteiger partial charge in [0.25, 0.3) is 5.91 Å². The number of likely N-dealkylation sites (tertiary alicyclic amines) is 1. The quantitative estimate of drug-likeness (QED) is 0.650. The molecule has 1 heterocycles. The minimum absolute atomic E-state index is 0.150. The van der Waals surface area contributed by atoms with E-state index in [4.69, 9.17) is 4.74 Å². The van der Waals surface area contributed by atoms with Crippen LogP contribution in [0.1, 0.15) is 46.0 Å². The van der Waals surface area contributed by atoms with E-state index in [2.05, 4.69) is 33.1 Å². The summed E-state index contributed by atoms with van der Waals surface area (Å²) < 4.78 is 19.2. The van der Waals surface area contributed by atoms with Gasteiger partial charge < -0.3 is 15.0 Å². The minimum Gasteiger partial charge on any atom is -0.480 e. The largest absolute Gasteiger partial charge is 0.480 e. The molecule has 1 amide bonds. The van der Waals surface area contributed by atoms with E-state index in [-0.39, 0.29) is 11.7 Å². The monoisotopic (exact) mass is 414 g/mol. The predicted octanol–water partition coefficient (Wildman–Crippen LogP) is 4.13. The lowest BCUT2D eigenvalue weighted by Gasteiger charge is -2.33. The normalized spacial score (nSPS) is 19.4. The third-order valence-corrected chi connectivity index (χ3v) is 5.30. The topological polar surface area (TPSA) is 41.6 Å². The average molecular weight is 415 g/mol. The first-order valence-corrected chi connectivity index (χ1v) is 9.90. The zero-order valence-corrected chi connectivity index (χ0v) is 16.6. The molecule has 140 valence electrons. The van der Waals surface area contributed by atoms with Gasteiger partial charge in [0, 0.05) is 12.6 Å². The molecule has 0 aromatic heterocycles. The highest BCUT2D eigenvalue weighted by atomic mass is 79.9. The van der Waals surface area contributed by atoms with Gasteiger partial charge in [-0.15, -0.1) is 0 Å². The van der Waals surface area contributed by atoms with Gasteiger partial charge in [-0.3, -0.25) is 4.79 Å². The Kier molecular flexibility index (Phi) is 8.16. The fraction of sp³-hybridized carbons (Fsp3) is 0.632. The van der Waals surface area contributed by atoms with Crippen LogP contribution in [0.3, 0.4) is 0 Å². The van der Waals surface area contributed by atoms with Crippen molar-refractivity contribution in [3.05, 3.63) is 28.5 Å². The molecule has 0 bridgehead atoms. The number of rotatable bonds is 8. The first-order chi connectivity index (χ1) is 12.0. The van der Waals surface area contributed by atoms with E-state index in [1.165, 1.54) is 44.0 Å². The molecule has 1 aliphatic rings. The van der Waals surface area contributed by atoms with Crippen molar-refractivity contribution in [3.8, 4) is 5.75 Å². The zero-order valence-electron chi connectivity index (χ0n) is 15.1. The highest BCUT2D eigenvalue weighted by molar-refractivity contribution is 9.10. The van der Waals surface area contributed by atoms with Crippen LogP contribution in [0.4, 0.5) is 4.39 Å². The molecule has 25 heavy (non-hydrogen) atoms. The number of nitrogens with one attached hydrogen (secondary N) is 1. The van der Waals surface area contributed by atoms with Crippen LogP contribution in [-0.4, -0.2) is 42.6 Å². The predicted molar refractivity (Wildman–Crippen MR) is 101 cm³/mol. The van der Waals surface area contributed by atoms with Crippen molar-refractivity contribution in [1.82, 2.24) is 10.2 Å². The smallest absolute Gasteiger partial charge is 0.260 e. The fourth-order valence-corrected chi connectivity index (χ4v) is 3.54. The third kappa shape index (κ3) is 6.59. The highest BCUT2D eigenvalue weighted by Gasteiger charge is 2.18. The molecule has 0 saturated carbocycles. The Morgan fingerprint density at radius 2 is 2.24 bits per heavy atom. The maximum Gasteiger partial charge on any atom is 0.260 e. The second-order valence-electron chi connectivity index (χ2n) is 6.71. The second-order valence-corrected chi connectivity index (χ2v) is 7.57. The Bertz CT molecular complexity index is 570. The lowest BCUT2D eigenvalue weighted by Crippen LogP contribution is -2.39. The summed E-state index contributed by atoms with van der Waals surface area (Å²) in [4.78, 5) is 14.7. The number of nitrogens with zero attached hydrogens (tertiary/aromatic N) is 1. The number of halogens is 2. The summed E-state index contributed by atoms with van der Waals surface area (Å²) in [5.74, 6) is -0.0370. The van der Waals surface area contributed by atoms with E-state index < -0.39 is 6.10 Å². The van der Waals surface area contributed by atoms with Gasteiger partial charge in [0.05, 0.1) is 4.47 Å². The molecule has 0 spiro atoms. The number of unbranched alkanes of at least 4 members (excludes halogenated alkanes) is 1. The first-order valence-electron chi connectivity index (χ1n) is 9.11. The van der Waals surface area contributed by atoms with Crippen molar-refractivity contribution in [2.45, 2.75) is 58.1 Å². The fourth-order valence-electron chi connectivity index (χ4n) is 3.10. The van der Waals surface area contributed by atoms with Gasteiger partial charge in [0.1, 0.15) is 11.6 Å². The third-order valence-electron chi connectivity index (χ3n) is 4.68. The Balaban J connectivity index is 1.64. The molecule has 0 aliphatic carbocycles. The van der Waals surface area contributed by atoms with Crippen LogP contribution in [0.2, 0.25) is 0 Å². The number of hydrogen-bond donors (Lipinski definition) is 1. The molecule has 0 radical (unpaired) electrons. The molecule has 1 aromatic carbocycles. The Labute approximate surface area is 158 Å². The molecular formula is C19H28BrFN2O2. The van der Waals surface area contributed by atoms with Crippen LogP contribution < -0.4 is 10.1 Å². The Morgan fingerprint density at radius 3 is 2.96 bits per heavy atom.